The standard InChI is InChI=1S/C18H15N5/c1-12-5-4-6-13(9-12)14-10-16(19)23-17(11-14)21-18(22-23)15-7-2-3-8-20-15/h2-11H,19H2,1H3. The van der Waals surface area contributed by atoms with Crippen molar-refractivity contribution in [3.63, 3.8) is 0 Å². The first-order chi connectivity index (χ1) is 11.2. The van der Waals surface area contributed by atoms with Crippen LogP contribution >= 0.6 is 0 Å². The minimum Gasteiger partial charge on any atom is -0.384 e. The van der Waals surface area contributed by atoms with Gasteiger partial charge in [-0.1, -0.05) is 35.9 Å². The third-order valence-electron chi connectivity index (χ3n) is 3.71. The lowest BCUT2D eigenvalue weighted by Crippen LogP contribution is -1.99. The topological polar surface area (TPSA) is 69.1 Å². The van der Waals surface area contributed by atoms with E-state index in [-0.39, 0.29) is 0 Å². The molecule has 0 amide bonds. The molecule has 0 spiro atoms. The molecule has 23 heavy (non-hydrogen) atoms. The second-order valence-electron chi connectivity index (χ2n) is 5.46. The zero-order chi connectivity index (χ0) is 15.8. The molecule has 5 heteroatoms. The van der Waals surface area contributed by atoms with Crippen LogP contribution in [-0.4, -0.2) is 19.6 Å². The fourth-order valence-electron chi connectivity index (χ4n) is 2.60. The Hall–Kier alpha value is -3.21. The van der Waals surface area contributed by atoms with Crippen LogP contribution in [0.1, 0.15) is 5.56 Å². The van der Waals surface area contributed by atoms with Crippen LogP contribution in [0.5, 0.6) is 0 Å². The average Bonchev–Trinajstić information content (AvgIpc) is 3.00. The lowest BCUT2D eigenvalue weighted by Gasteiger charge is -2.05. The van der Waals surface area contributed by atoms with Crippen LogP contribution in [0.25, 0.3) is 28.3 Å². The molecular formula is C18H15N5. The molecule has 4 rings (SSSR count). The van der Waals surface area contributed by atoms with Crippen molar-refractivity contribution in [2.24, 2.45) is 0 Å². The van der Waals surface area contributed by atoms with E-state index in [1.165, 1.54) is 5.56 Å². The molecule has 0 aliphatic heterocycles. The first-order valence-corrected chi connectivity index (χ1v) is 7.35. The van der Waals surface area contributed by atoms with Crippen LogP contribution in [0.4, 0.5) is 5.82 Å². The van der Waals surface area contributed by atoms with Gasteiger partial charge in [0.1, 0.15) is 11.5 Å². The molecule has 1 aromatic carbocycles. The molecule has 0 atom stereocenters. The van der Waals surface area contributed by atoms with Crippen molar-refractivity contribution >= 4 is 11.5 Å². The fourth-order valence-corrected chi connectivity index (χ4v) is 2.60. The number of nitrogen functional groups attached to an aromatic ring is 1. The Morgan fingerprint density at radius 1 is 0.957 bits per heavy atom. The first kappa shape index (κ1) is 13.5. The van der Waals surface area contributed by atoms with Crippen LogP contribution in [0, 0.1) is 6.92 Å². The Bertz CT molecular complexity index is 989. The van der Waals surface area contributed by atoms with Crippen molar-refractivity contribution in [3.05, 3.63) is 66.4 Å². The Labute approximate surface area is 133 Å². The number of hydrogen-bond acceptors (Lipinski definition) is 4. The van der Waals surface area contributed by atoms with Gasteiger partial charge in [0, 0.05) is 6.20 Å². The van der Waals surface area contributed by atoms with Gasteiger partial charge in [-0.3, -0.25) is 4.98 Å². The summed E-state index contributed by atoms with van der Waals surface area (Å²) < 4.78 is 1.64. The van der Waals surface area contributed by atoms with Gasteiger partial charge >= 0.3 is 0 Å². The molecule has 0 radical (unpaired) electrons. The van der Waals surface area contributed by atoms with E-state index in [1.807, 2.05) is 36.4 Å². The fraction of sp³-hybridized carbons (Fsp3) is 0.0556. The highest BCUT2D eigenvalue weighted by Crippen LogP contribution is 2.25. The molecular weight excluding hydrogens is 286 g/mol. The molecule has 3 aromatic heterocycles. The maximum absolute atomic E-state index is 6.16. The lowest BCUT2D eigenvalue weighted by atomic mass is 10.0. The first-order valence-electron chi connectivity index (χ1n) is 7.35. The van der Waals surface area contributed by atoms with Crippen molar-refractivity contribution in [1.29, 1.82) is 0 Å². The summed E-state index contributed by atoms with van der Waals surface area (Å²) in [6.07, 6.45) is 1.72. The maximum atomic E-state index is 6.16. The van der Waals surface area contributed by atoms with Gasteiger partial charge in [-0.25, -0.2) is 4.98 Å². The second-order valence-corrected chi connectivity index (χ2v) is 5.46. The number of rotatable bonds is 2. The van der Waals surface area contributed by atoms with Crippen molar-refractivity contribution in [2.75, 3.05) is 5.73 Å². The molecule has 0 aliphatic rings. The third kappa shape index (κ3) is 2.42. The number of pyridine rings is 2. The van der Waals surface area contributed by atoms with Gasteiger partial charge in [0.05, 0.1) is 0 Å². The summed E-state index contributed by atoms with van der Waals surface area (Å²) in [5, 5.41) is 4.45. The van der Waals surface area contributed by atoms with Gasteiger partial charge in [-0.2, -0.15) is 4.52 Å². The summed E-state index contributed by atoms with van der Waals surface area (Å²) in [6, 6.07) is 17.9. The van der Waals surface area contributed by atoms with E-state index in [1.54, 1.807) is 10.7 Å². The zero-order valence-electron chi connectivity index (χ0n) is 12.6. The lowest BCUT2D eigenvalue weighted by molar-refractivity contribution is 0.975. The van der Waals surface area contributed by atoms with Crippen molar-refractivity contribution in [1.82, 2.24) is 19.6 Å². The molecule has 112 valence electrons. The summed E-state index contributed by atoms with van der Waals surface area (Å²) >= 11 is 0. The molecule has 0 unspecified atom stereocenters. The van der Waals surface area contributed by atoms with E-state index in [0.29, 0.717) is 17.3 Å². The summed E-state index contributed by atoms with van der Waals surface area (Å²) in [6.45, 7) is 2.07. The quantitative estimate of drug-likeness (QED) is 0.616. The molecule has 0 saturated carbocycles. The number of hydrogen-bond donors (Lipinski definition) is 1. The van der Waals surface area contributed by atoms with E-state index in [0.717, 1.165) is 16.8 Å². The summed E-state index contributed by atoms with van der Waals surface area (Å²) in [7, 11) is 0. The highest BCUT2D eigenvalue weighted by Gasteiger charge is 2.11. The van der Waals surface area contributed by atoms with Crippen LogP contribution in [0.15, 0.2) is 60.8 Å². The molecule has 4 aromatic rings. The minimum atomic E-state index is 0.550. The summed E-state index contributed by atoms with van der Waals surface area (Å²) in [5.74, 6) is 1.12. The minimum absolute atomic E-state index is 0.550. The Morgan fingerprint density at radius 3 is 2.65 bits per heavy atom. The van der Waals surface area contributed by atoms with Gasteiger partial charge in [0.2, 0.25) is 5.82 Å². The van der Waals surface area contributed by atoms with Gasteiger partial charge in [0.25, 0.3) is 0 Å². The predicted octanol–water partition coefficient (Wildman–Crippen LogP) is 3.35. The number of benzene rings is 1. The van der Waals surface area contributed by atoms with Crippen molar-refractivity contribution < 1.29 is 0 Å². The van der Waals surface area contributed by atoms with Crippen molar-refractivity contribution in [3.8, 4) is 22.6 Å². The number of fused-ring (bicyclic) bond motifs is 1. The van der Waals surface area contributed by atoms with E-state index < -0.39 is 0 Å². The number of nitrogens with zero attached hydrogens (tertiary/aromatic N) is 4. The molecule has 0 fully saturated rings. The Balaban J connectivity index is 1.88. The molecule has 0 saturated heterocycles. The van der Waals surface area contributed by atoms with Crippen LogP contribution in [0.2, 0.25) is 0 Å². The Kier molecular flexibility index (Phi) is 3.05. The van der Waals surface area contributed by atoms with E-state index in [4.69, 9.17) is 5.73 Å². The maximum Gasteiger partial charge on any atom is 0.200 e. The second kappa shape index (κ2) is 5.21. The van der Waals surface area contributed by atoms with E-state index in [2.05, 4.69) is 40.2 Å². The monoisotopic (exact) mass is 301 g/mol. The van der Waals surface area contributed by atoms with Gasteiger partial charge < -0.3 is 5.73 Å². The smallest absolute Gasteiger partial charge is 0.200 e. The number of anilines is 1. The summed E-state index contributed by atoms with van der Waals surface area (Å²) in [4.78, 5) is 8.85. The van der Waals surface area contributed by atoms with Crippen molar-refractivity contribution in [2.45, 2.75) is 6.92 Å². The molecule has 0 bridgehead atoms. The van der Waals surface area contributed by atoms with E-state index in [9.17, 15) is 0 Å². The van der Waals surface area contributed by atoms with E-state index >= 15 is 0 Å². The molecule has 3 heterocycles. The number of aryl methyl sites for hydroxylation is 1. The summed E-state index contributed by atoms with van der Waals surface area (Å²) in [5.41, 5.74) is 10.9. The number of nitrogens with two attached hydrogens (primary N) is 1. The van der Waals surface area contributed by atoms with Gasteiger partial charge in [-0.05, 0) is 42.3 Å². The number of aromatic nitrogens is 4. The van der Waals surface area contributed by atoms with Crippen LogP contribution < -0.4 is 5.73 Å². The largest absolute Gasteiger partial charge is 0.384 e. The highest BCUT2D eigenvalue weighted by atomic mass is 15.3. The normalized spacial score (nSPS) is 11.0. The third-order valence-corrected chi connectivity index (χ3v) is 3.71. The van der Waals surface area contributed by atoms with Gasteiger partial charge in [-0.15, -0.1) is 5.10 Å². The average molecular weight is 301 g/mol. The Morgan fingerprint density at radius 2 is 1.87 bits per heavy atom. The SMILES string of the molecule is Cc1cccc(-c2cc(N)n3nc(-c4ccccn4)nc3c2)c1. The zero-order valence-corrected chi connectivity index (χ0v) is 12.6. The van der Waals surface area contributed by atoms with Crippen LogP contribution in [0.3, 0.4) is 0 Å². The van der Waals surface area contributed by atoms with Gasteiger partial charge in [0.15, 0.2) is 5.65 Å². The predicted molar refractivity (Wildman–Crippen MR) is 90.8 cm³/mol. The highest BCUT2D eigenvalue weighted by molar-refractivity contribution is 5.72. The molecule has 0 aliphatic carbocycles. The van der Waals surface area contributed by atoms with Crippen LogP contribution in [-0.2, 0) is 0 Å². The molecule has 5 nitrogen and oxygen atoms in total. The molecule has 2 N–H and O–H groups in total.